The summed E-state index contributed by atoms with van der Waals surface area (Å²) in [6.07, 6.45) is 3.46. The van der Waals surface area contributed by atoms with Crippen LogP contribution in [0, 0.1) is 0 Å². The second kappa shape index (κ2) is 6.34. The molecule has 2 fully saturated rings. The van der Waals surface area contributed by atoms with Crippen molar-refractivity contribution in [1.82, 2.24) is 4.90 Å². The minimum atomic E-state index is -0.103. The Morgan fingerprint density at radius 1 is 1.38 bits per heavy atom. The van der Waals surface area contributed by atoms with Crippen LogP contribution in [-0.4, -0.2) is 36.1 Å². The van der Waals surface area contributed by atoms with Crippen LogP contribution in [0.15, 0.2) is 24.3 Å². The van der Waals surface area contributed by atoms with Crippen molar-refractivity contribution in [3.8, 4) is 0 Å². The number of nitrogens with zero attached hydrogens (tertiary/aromatic N) is 1. The summed E-state index contributed by atoms with van der Waals surface area (Å²) in [6, 6.07) is 7.50. The standard InChI is InChI=1S/C16H21ClN2O2/c17-12-4-1-3-11(9-12)16-14(18)6-7-15(20)19(16)10-13-5-2-8-21-13/h1,3-4,9,13-14,16H,2,5-8,10,18H2. The first-order chi connectivity index (χ1) is 10.1. The van der Waals surface area contributed by atoms with E-state index in [-0.39, 0.29) is 24.1 Å². The van der Waals surface area contributed by atoms with E-state index in [0.717, 1.165) is 31.4 Å². The average molecular weight is 309 g/mol. The number of nitrogens with two attached hydrogens (primary N) is 1. The third kappa shape index (κ3) is 3.23. The number of piperidine rings is 1. The Hall–Kier alpha value is -1.10. The van der Waals surface area contributed by atoms with Crippen LogP contribution in [0.4, 0.5) is 0 Å². The Morgan fingerprint density at radius 3 is 2.95 bits per heavy atom. The van der Waals surface area contributed by atoms with Crippen LogP contribution in [0.1, 0.15) is 37.3 Å². The SMILES string of the molecule is NC1CCC(=O)N(CC2CCCO2)C1c1cccc(Cl)c1. The van der Waals surface area contributed by atoms with Gasteiger partial charge in [-0.2, -0.15) is 0 Å². The van der Waals surface area contributed by atoms with E-state index in [9.17, 15) is 4.79 Å². The van der Waals surface area contributed by atoms with Crippen molar-refractivity contribution in [1.29, 1.82) is 0 Å². The third-order valence-corrected chi connectivity index (χ3v) is 4.60. The van der Waals surface area contributed by atoms with E-state index in [0.29, 0.717) is 18.0 Å². The fourth-order valence-corrected chi connectivity index (χ4v) is 3.52. The van der Waals surface area contributed by atoms with Crippen LogP contribution < -0.4 is 5.73 Å². The zero-order valence-corrected chi connectivity index (χ0v) is 12.8. The zero-order chi connectivity index (χ0) is 14.8. The molecular formula is C16H21ClN2O2. The lowest BCUT2D eigenvalue weighted by Crippen LogP contribution is -2.51. The first-order valence-electron chi connectivity index (χ1n) is 7.57. The number of likely N-dealkylation sites (tertiary alicyclic amines) is 1. The highest BCUT2D eigenvalue weighted by atomic mass is 35.5. The number of hydrogen-bond donors (Lipinski definition) is 1. The van der Waals surface area contributed by atoms with Crippen molar-refractivity contribution in [2.24, 2.45) is 5.73 Å². The molecule has 0 bridgehead atoms. The Bertz CT molecular complexity index is 517. The molecule has 0 aliphatic carbocycles. The van der Waals surface area contributed by atoms with Crippen LogP contribution in [0.2, 0.25) is 5.02 Å². The van der Waals surface area contributed by atoms with Crippen LogP contribution >= 0.6 is 11.6 Å². The second-order valence-corrected chi connectivity index (χ2v) is 6.32. The van der Waals surface area contributed by atoms with Crippen LogP contribution in [0.3, 0.4) is 0 Å². The van der Waals surface area contributed by atoms with Gasteiger partial charge < -0.3 is 15.4 Å². The lowest BCUT2D eigenvalue weighted by atomic mass is 9.90. The predicted molar refractivity (Wildman–Crippen MR) is 82.1 cm³/mol. The monoisotopic (exact) mass is 308 g/mol. The largest absolute Gasteiger partial charge is 0.376 e. The molecule has 5 heteroatoms. The van der Waals surface area contributed by atoms with E-state index in [1.807, 2.05) is 29.2 Å². The second-order valence-electron chi connectivity index (χ2n) is 5.88. The van der Waals surface area contributed by atoms with E-state index >= 15 is 0 Å². The van der Waals surface area contributed by atoms with Crippen molar-refractivity contribution >= 4 is 17.5 Å². The van der Waals surface area contributed by atoms with Crippen LogP contribution in [0.25, 0.3) is 0 Å². The van der Waals surface area contributed by atoms with Gasteiger partial charge in [0.05, 0.1) is 12.1 Å². The fraction of sp³-hybridized carbons (Fsp3) is 0.562. The molecule has 0 saturated carbocycles. The van der Waals surface area contributed by atoms with Gasteiger partial charge >= 0.3 is 0 Å². The van der Waals surface area contributed by atoms with Crippen molar-refractivity contribution in [3.05, 3.63) is 34.9 Å². The van der Waals surface area contributed by atoms with Gasteiger partial charge in [0, 0.05) is 30.6 Å². The summed E-state index contributed by atoms with van der Waals surface area (Å²) in [5, 5.41) is 0.676. The number of hydrogen-bond acceptors (Lipinski definition) is 3. The topological polar surface area (TPSA) is 55.6 Å². The van der Waals surface area contributed by atoms with E-state index in [1.54, 1.807) is 0 Å². The van der Waals surface area contributed by atoms with Crippen molar-refractivity contribution in [3.63, 3.8) is 0 Å². The molecule has 0 radical (unpaired) electrons. The molecule has 1 aromatic carbocycles. The molecule has 114 valence electrons. The van der Waals surface area contributed by atoms with Gasteiger partial charge in [-0.25, -0.2) is 0 Å². The van der Waals surface area contributed by atoms with Crippen molar-refractivity contribution in [2.75, 3.05) is 13.2 Å². The minimum Gasteiger partial charge on any atom is -0.376 e. The molecule has 2 heterocycles. The molecule has 2 aliphatic rings. The first-order valence-corrected chi connectivity index (χ1v) is 7.95. The Kier molecular flexibility index (Phi) is 4.48. The molecule has 3 atom stereocenters. The Balaban J connectivity index is 1.86. The molecule has 1 amide bonds. The van der Waals surface area contributed by atoms with Gasteiger partial charge in [-0.05, 0) is 37.0 Å². The van der Waals surface area contributed by atoms with Gasteiger partial charge in [0.2, 0.25) is 5.91 Å². The summed E-state index contributed by atoms with van der Waals surface area (Å²) in [4.78, 5) is 14.3. The van der Waals surface area contributed by atoms with Crippen molar-refractivity contribution in [2.45, 2.75) is 43.9 Å². The Morgan fingerprint density at radius 2 is 2.24 bits per heavy atom. The van der Waals surface area contributed by atoms with Gasteiger partial charge in [0.25, 0.3) is 0 Å². The lowest BCUT2D eigenvalue weighted by molar-refractivity contribution is -0.139. The van der Waals surface area contributed by atoms with Gasteiger partial charge in [-0.3, -0.25) is 4.79 Å². The summed E-state index contributed by atoms with van der Waals surface area (Å²) in [5.74, 6) is 0.164. The molecule has 1 aromatic rings. The molecule has 0 aromatic heterocycles. The summed E-state index contributed by atoms with van der Waals surface area (Å²) in [6.45, 7) is 1.42. The quantitative estimate of drug-likeness (QED) is 0.933. The van der Waals surface area contributed by atoms with Gasteiger partial charge in [-0.1, -0.05) is 23.7 Å². The number of carbonyl (C=O) groups is 1. The highest BCUT2D eigenvalue weighted by molar-refractivity contribution is 6.30. The molecule has 21 heavy (non-hydrogen) atoms. The number of benzene rings is 1. The molecule has 2 saturated heterocycles. The molecule has 2 N–H and O–H groups in total. The fourth-order valence-electron chi connectivity index (χ4n) is 3.32. The van der Waals surface area contributed by atoms with E-state index in [1.165, 1.54) is 0 Å². The number of rotatable bonds is 3. The maximum Gasteiger partial charge on any atom is 0.223 e. The molecule has 2 aliphatic heterocycles. The van der Waals surface area contributed by atoms with E-state index < -0.39 is 0 Å². The zero-order valence-electron chi connectivity index (χ0n) is 12.0. The van der Waals surface area contributed by atoms with Gasteiger partial charge in [-0.15, -0.1) is 0 Å². The number of ether oxygens (including phenoxy) is 1. The van der Waals surface area contributed by atoms with E-state index in [4.69, 9.17) is 22.1 Å². The van der Waals surface area contributed by atoms with Crippen LogP contribution in [-0.2, 0) is 9.53 Å². The first kappa shape index (κ1) is 14.8. The summed E-state index contributed by atoms with van der Waals surface area (Å²) in [5.41, 5.74) is 7.33. The molecule has 3 rings (SSSR count). The predicted octanol–water partition coefficient (Wildman–Crippen LogP) is 2.51. The minimum absolute atomic E-state index is 0.0532. The maximum atomic E-state index is 12.4. The van der Waals surface area contributed by atoms with Gasteiger partial charge in [0.1, 0.15) is 0 Å². The third-order valence-electron chi connectivity index (χ3n) is 4.37. The average Bonchev–Trinajstić information content (AvgIpc) is 2.96. The summed E-state index contributed by atoms with van der Waals surface area (Å²) >= 11 is 6.10. The van der Waals surface area contributed by atoms with Crippen LogP contribution in [0.5, 0.6) is 0 Å². The highest BCUT2D eigenvalue weighted by Crippen LogP contribution is 2.33. The molecule has 3 unspecified atom stereocenters. The number of amides is 1. The smallest absolute Gasteiger partial charge is 0.223 e. The van der Waals surface area contributed by atoms with Gasteiger partial charge in [0.15, 0.2) is 0 Å². The molecule has 4 nitrogen and oxygen atoms in total. The molecule has 0 spiro atoms. The maximum absolute atomic E-state index is 12.4. The number of halogens is 1. The molecular weight excluding hydrogens is 288 g/mol. The normalized spacial score (nSPS) is 29.9. The summed E-state index contributed by atoms with van der Waals surface area (Å²) in [7, 11) is 0. The Labute approximate surface area is 130 Å². The number of carbonyl (C=O) groups excluding carboxylic acids is 1. The van der Waals surface area contributed by atoms with E-state index in [2.05, 4.69) is 0 Å². The summed E-state index contributed by atoms with van der Waals surface area (Å²) < 4.78 is 5.69. The highest BCUT2D eigenvalue weighted by Gasteiger charge is 2.36. The van der Waals surface area contributed by atoms with Crippen molar-refractivity contribution < 1.29 is 9.53 Å². The lowest BCUT2D eigenvalue weighted by Gasteiger charge is -2.41.